The second-order valence-corrected chi connectivity index (χ2v) is 7.87. The van der Waals surface area contributed by atoms with Crippen LogP contribution in [0.4, 0.5) is 14.6 Å². The molecule has 0 radical (unpaired) electrons. The zero-order valence-electron chi connectivity index (χ0n) is 17.2. The fourth-order valence-corrected chi connectivity index (χ4v) is 4.04. The summed E-state index contributed by atoms with van der Waals surface area (Å²) < 4.78 is 31.6. The van der Waals surface area contributed by atoms with E-state index in [0.717, 1.165) is 28.4 Å². The molecule has 0 atom stereocenters. The highest BCUT2D eigenvalue weighted by molar-refractivity contribution is 6.34. The fraction of sp³-hybridized carbons (Fsp3) is 0.0909. The first kappa shape index (κ1) is 20.8. The number of benzene rings is 2. The first-order chi connectivity index (χ1) is 15.8. The molecule has 0 aliphatic carbocycles. The third-order valence-corrected chi connectivity index (χ3v) is 5.66. The van der Waals surface area contributed by atoms with E-state index in [1.54, 1.807) is 18.2 Å². The van der Waals surface area contributed by atoms with E-state index in [1.165, 1.54) is 17.2 Å². The van der Waals surface area contributed by atoms with Gasteiger partial charge in [0.05, 0.1) is 22.6 Å². The van der Waals surface area contributed by atoms with Gasteiger partial charge in [-0.15, -0.1) is 0 Å². The topological polar surface area (TPSA) is 96.5 Å². The number of aromatic nitrogens is 6. The summed E-state index contributed by atoms with van der Waals surface area (Å²) in [7, 11) is 1.84. The lowest BCUT2D eigenvalue weighted by Crippen LogP contribution is -2.24. The van der Waals surface area contributed by atoms with E-state index < -0.39 is 17.3 Å². The highest BCUT2D eigenvalue weighted by atomic mass is 35.5. The SMILES string of the molecule is Cn1cc(-c2ccc(-n3ncn(Cc4cc(F)ccc4F)c3=O)cc2Cl)c2c(N)ncnc21. The maximum atomic E-state index is 14.0. The van der Waals surface area contributed by atoms with Crippen molar-refractivity contribution in [1.82, 2.24) is 28.9 Å². The minimum atomic E-state index is -0.609. The molecule has 0 amide bonds. The lowest BCUT2D eigenvalue weighted by Gasteiger charge is -2.07. The molecule has 0 saturated carbocycles. The number of hydrogen-bond donors (Lipinski definition) is 1. The van der Waals surface area contributed by atoms with Gasteiger partial charge in [0.2, 0.25) is 0 Å². The molecule has 11 heteroatoms. The molecule has 2 N–H and O–H groups in total. The highest BCUT2D eigenvalue weighted by Crippen LogP contribution is 2.36. The Morgan fingerprint density at radius 3 is 2.70 bits per heavy atom. The summed E-state index contributed by atoms with van der Waals surface area (Å²) in [6, 6.07) is 8.10. The Hall–Kier alpha value is -4.05. The minimum Gasteiger partial charge on any atom is -0.383 e. The van der Waals surface area contributed by atoms with Crippen molar-refractivity contribution in [1.29, 1.82) is 0 Å². The van der Waals surface area contributed by atoms with Crippen molar-refractivity contribution < 1.29 is 8.78 Å². The fourth-order valence-electron chi connectivity index (χ4n) is 3.76. The Kier molecular flexibility index (Phi) is 4.94. The van der Waals surface area contributed by atoms with Crippen LogP contribution in [0.5, 0.6) is 0 Å². The van der Waals surface area contributed by atoms with Gasteiger partial charge in [-0.3, -0.25) is 4.57 Å². The predicted molar refractivity (Wildman–Crippen MR) is 120 cm³/mol. The standard InChI is InChI=1S/C22H16ClF2N7O/c1-30-9-16(19-20(26)27-10-28-21(19)30)15-4-3-14(7-17(15)23)32-22(33)31(11-29-32)8-12-6-13(24)2-5-18(12)25/h2-7,9-11H,8H2,1H3,(H2,26,27,28). The summed E-state index contributed by atoms with van der Waals surface area (Å²) in [5, 5.41) is 5.13. The summed E-state index contributed by atoms with van der Waals surface area (Å²) in [6.45, 7) is -0.163. The molecule has 3 heterocycles. The molecule has 8 nitrogen and oxygen atoms in total. The number of halogens is 3. The van der Waals surface area contributed by atoms with E-state index in [4.69, 9.17) is 17.3 Å². The van der Waals surface area contributed by atoms with Crippen LogP contribution in [0, 0.1) is 11.6 Å². The third-order valence-electron chi connectivity index (χ3n) is 5.35. The first-order valence-corrected chi connectivity index (χ1v) is 10.2. The number of nitrogens with two attached hydrogens (primary N) is 1. The lowest BCUT2D eigenvalue weighted by molar-refractivity contribution is 0.574. The number of nitrogens with zero attached hydrogens (tertiary/aromatic N) is 6. The van der Waals surface area contributed by atoms with Gasteiger partial charge >= 0.3 is 5.69 Å². The van der Waals surface area contributed by atoms with Gasteiger partial charge in [-0.05, 0) is 30.3 Å². The van der Waals surface area contributed by atoms with Gasteiger partial charge in [-0.25, -0.2) is 23.5 Å². The van der Waals surface area contributed by atoms with Crippen molar-refractivity contribution in [2.45, 2.75) is 6.54 Å². The van der Waals surface area contributed by atoms with Crippen molar-refractivity contribution >= 4 is 28.5 Å². The molecule has 3 aromatic heterocycles. The van der Waals surface area contributed by atoms with Gasteiger partial charge in [-0.1, -0.05) is 17.7 Å². The molecule has 166 valence electrons. The summed E-state index contributed by atoms with van der Waals surface area (Å²) in [5.74, 6) is -0.870. The van der Waals surface area contributed by atoms with Crippen molar-refractivity contribution in [2.75, 3.05) is 5.73 Å². The number of fused-ring (bicyclic) bond motifs is 1. The van der Waals surface area contributed by atoms with E-state index in [0.29, 0.717) is 33.1 Å². The Balaban J connectivity index is 1.53. The molecule has 0 saturated heterocycles. The molecule has 0 unspecified atom stereocenters. The first-order valence-electron chi connectivity index (χ1n) is 9.77. The van der Waals surface area contributed by atoms with Gasteiger partial charge < -0.3 is 10.3 Å². The molecule has 33 heavy (non-hydrogen) atoms. The van der Waals surface area contributed by atoms with Crippen LogP contribution in [0.15, 0.2) is 60.0 Å². The van der Waals surface area contributed by atoms with Crippen LogP contribution in [0.3, 0.4) is 0 Å². The van der Waals surface area contributed by atoms with Crippen molar-refractivity contribution in [3.05, 3.63) is 88.0 Å². The van der Waals surface area contributed by atoms with Gasteiger partial charge in [0, 0.05) is 29.9 Å². The quantitative estimate of drug-likeness (QED) is 0.436. The number of nitrogen functional groups attached to an aromatic ring is 1. The van der Waals surface area contributed by atoms with Crippen LogP contribution in [0.2, 0.25) is 5.02 Å². The predicted octanol–water partition coefficient (Wildman–Crippen LogP) is 3.54. The molecule has 0 aliphatic rings. The zero-order chi connectivity index (χ0) is 23.3. The van der Waals surface area contributed by atoms with E-state index >= 15 is 0 Å². The summed E-state index contributed by atoms with van der Waals surface area (Å²) in [4.78, 5) is 21.2. The number of hydrogen-bond acceptors (Lipinski definition) is 5. The van der Waals surface area contributed by atoms with Crippen molar-refractivity contribution in [3.63, 3.8) is 0 Å². The maximum Gasteiger partial charge on any atom is 0.350 e. The smallest absolute Gasteiger partial charge is 0.350 e. The van der Waals surface area contributed by atoms with Crippen LogP contribution >= 0.6 is 11.6 Å². The zero-order valence-corrected chi connectivity index (χ0v) is 18.0. The Labute approximate surface area is 190 Å². The molecule has 0 bridgehead atoms. The molecule has 5 aromatic rings. The average molecular weight is 468 g/mol. The number of aryl methyl sites for hydroxylation is 1. The normalized spacial score (nSPS) is 11.4. The maximum absolute atomic E-state index is 14.0. The van der Waals surface area contributed by atoms with E-state index in [9.17, 15) is 13.6 Å². The third kappa shape index (κ3) is 3.54. The summed E-state index contributed by atoms with van der Waals surface area (Å²) in [5.41, 5.74) is 8.10. The number of rotatable bonds is 4. The molecule has 2 aromatic carbocycles. The highest BCUT2D eigenvalue weighted by Gasteiger charge is 2.17. The molecule has 0 spiro atoms. The Morgan fingerprint density at radius 2 is 1.91 bits per heavy atom. The minimum absolute atomic E-state index is 0.0424. The summed E-state index contributed by atoms with van der Waals surface area (Å²) >= 11 is 6.57. The second-order valence-electron chi connectivity index (χ2n) is 7.46. The average Bonchev–Trinajstić information content (AvgIpc) is 3.31. The molecule has 0 fully saturated rings. The second kappa shape index (κ2) is 7.82. The lowest BCUT2D eigenvalue weighted by atomic mass is 10.1. The largest absolute Gasteiger partial charge is 0.383 e. The van der Waals surface area contributed by atoms with Gasteiger partial charge in [-0.2, -0.15) is 9.78 Å². The van der Waals surface area contributed by atoms with E-state index in [1.807, 2.05) is 17.8 Å². The number of anilines is 1. The van der Waals surface area contributed by atoms with E-state index in [2.05, 4.69) is 15.1 Å². The van der Waals surface area contributed by atoms with Crippen LogP contribution in [-0.2, 0) is 13.6 Å². The van der Waals surface area contributed by atoms with Crippen LogP contribution in [0.1, 0.15) is 5.56 Å². The molecular weight excluding hydrogens is 452 g/mol. The molecule has 5 rings (SSSR count). The summed E-state index contributed by atoms with van der Waals surface area (Å²) in [6.07, 6.45) is 4.51. The molecule has 0 aliphatic heterocycles. The van der Waals surface area contributed by atoms with Gasteiger partial charge in [0.1, 0.15) is 35.8 Å². The monoisotopic (exact) mass is 467 g/mol. The Morgan fingerprint density at radius 1 is 1.09 bits per heavy atom. The van der Waals surface area contributed by atoms with E-state index in [-0.39, 0.29) is 12.1 Å². The Bertz CT molecular complexity index is 1590. The van der Waals surface area contributed by atoms with Gasteiger partial charge in [0.15, 0.2) is 0 Å². The van der Waals surface area contributed by atoms with Crippen molar-refractivity contribution in [2.24, 2.45) is 7.05 Å². The van der Waals surface area contributed by atoms with Gasteiger partial charge in [0.25, 0.3) is 0 Å². The van der Waals surface area contributed by atoms with Crippen LogP contribution in [-0.4, -0.2) is 28.9 Å². The van der Waals surface area contributed by atoms with Crippen LogP contribution in [0.25, 0.3) is 27.8 Å². The van der Waals surface area contributed by atoms with Crippen LogP contribution < -0.4 is 11.4 Å². The van der Waals surface area contributed by atoms with Crippen molar-refractivity contribution in [3.8, 4) is 16.8 Å². The molecular formula is C22H16ClF2N7O.